The summed E-state index contributed by atoms with van der Waals surface area (Å²) < 4.78 is 10.8. The first-order chi connectivity index (χ1) is 21.6. The summed E-state index contributed by atoms with van der Waals surface area (Å²) in [6, 6.07) is 44.0. The van der Waals surface area contributed by atoms with Crippen LogP contribution in [0.4, 0.5) is 0 Å². The normalized spacial score (nSPS) is 11.8. The number of hydrogen-bond acceptors (Lipinski definition) is 3. The predicted octanol–water partition coefficient (Wildman–Crippen LogP) is 10.8. The summed E-state index contributed by atoms with van der Waals surface area (Å²) in [6.07, 6.45) is 3.82. The molecular weight excluding hydrogens is 761 g/mol. The quantitative estimate of drug-likeness (QED) is 0.128. The van der Waals surface area contributed by atoms with Crippen LogP contribution in [0, 0.1) is 12.1 Å². The molecule has 7 rings (SSSR count). The number of aromatic nitrogens is 2. The van der Waals surface area contributed by atoms with Crippen molar-refractivity contribution in [1.82, 2.24) is 9.97 Å². The molecule has 45 heavy (non-hydrogen) atoms. The summed E-state index contributed by atoms with van der Waals surface area (Å²) in [4.78, 5) is 9.13. The molecule has 3 heterocycles. The Labute approximate surface area is 287 Å². The zero-order chi connectivity index (χ0) is 31.6. The van der Waals surface area contributed by atoms with Crippen molar-refractivity contribution in [3.63, 3.8) is 0 Å². The van der Waals surface area contributed by atoms with Crippen LogP contribution >= 0.6 is 11.3 Å². The summed E-state index contributed by atoms with van der Waals surface area (Å²) >= 11 is 1.79. The van der Waals surface area contributed by atoms with Gasteiger partial charge in [-0.25, -0.2) is 0 Å². The van der Waals surface area contributed by atoms with Gasteiger partial charge in [0.05, 0.1) is 8.07 Å². The van der Waals surface area contributed by atoms with Gasteiger partial charge in [0.25, 0.3) is 0 Å². The van der Waals surface area contributed by atoms with Crippen LogP contribution in [-0.4, -0.2) is 18.0 Å². The average Bonchev–Trinajstić information content (AvgIpc) is 3.44. The third-order valence-electron chi connectivity index (χ3n) is 7.75. The summed E-state index contributed by atoms with van der Waals surface area (Å²) in [5, 5.41) is 3.91. The first-order valence-electron chi connectivity index (χ1n) is 15.4. The van der Waals surface area contributed by atoms with Gasteiger partial charge >= 0.3 is 0 Å². The minimum atomic E-state index is -1.23. The zero-order valence-corrected chi connectivity index (χ0v) is 30.4. The molecule has 0 unspecified atom stereocenters. The zero-order valence-electron chi connectivity index (χ0n) is 27.2. The van der Waals surface area contributed by atoms with Crippen LogP contribution in [0.25, 0.3) is 53.8 Å². The van der Waals surface area contributed by atoms with Crippen molar-refractivity contribution < 1.29 is 21.5 Å². The van der Waals surface area contributed by atoms with E-state index in [4.69, 9.17) is 1.37 Å². The fourth-order valence-electron chi connectivity index (χ4n) is 5.27. The molecule has 1 radical (unpaired) electrons. The molecule has 0 fully saturated rings. The van der Waals surface area contributed by atoms with E-state index in [9.17, 15) is 0 Å². The van der Waals surface area contributed by atoms with Gasteiger partial charge in [0.15, 0.2) is 0 Å². The van der Waals surface area contributed by atoms with Gasteiger partial charge in [-0.05, 0) is 55.8 Å². The smallest absolute Gasteiger partial charge is 0.0795 e. The number of benzene rings is 4. The summed E-state index contributed by atoms with van der Waals surface area (Å²) in [7, 11) is -1.23. The first-order valence-corrected chi connectivity index (χ1v) is 19.2. The van der Waals surface area contributed by atoms with E-state index in [0.29, 0.717) is 0 Å². The summed E-state index contributed by atoms with van der Waals surface area (Å²) in [6.45, 7) is 10.8. The molecule has 0 saturated heterocycles. The maximum absolute atomic E-state index is 8.37. The fourth-order valence-corrected chi connectivity index (χ4v) is 7.54. The molecule has 2 nitrogen and oxygen atoms in total. The molecule has 4 aromatic carbocycles. The second-order valence-electron chi connectivity index (χ2n) is 12.1. The van der Waals surface area contributed by atoms with Crippen molar-refractivity contribution in [2.45, 2.75) is 39.4 Å². The van der Waals surface area contributed by atoms with Gasteiger partial charge in [0.2, 0.25) is 0 Å². The number of fused-ring (bicyclic) bond motifs is 3. The Morgan fingerprint density at radius 1 is 0.778 bits per heavy atom. The third kappa shape index (κ3) is 7.24. The number of nitrogens with zero attached hydrogens (tertiary/aromatic N) is 2. The monoisotopic (exact) mass is 798 g/mol. The fraction of sp³-hybridized carbons (Fsp3) is 0.150. The number of hydrogen-bond donors (Lipinski definition) is 0. The molecule has 0 amide bonds. The van der Waals surface area contributed by atoms with Crippen LogP contribution in [0.5, 0.6) is 0 Å². The largest absolute Gasteiger partial charge is 0.305 e. The predicted molar refractivity (Wildman–Crippen MR) is 192 cm³/mol. The molecule has 0 aliphatic carbocycles. The van der Waals surface area contributed by atoms with Crippen LogP contribution in [0.2, 0.25) is 19.6 Å². The second-order valence-corrected chi connectivity index (χ2v) is 18.3. The molecule has 5 heteroatoms. The van der Waals surface area contributed by atoms with E-state index < -0.39 is 14.0 Å². The van der Waals surface area contributed by atoms with Crippen molar-refractivity contribution in [1.29, 1.82) is 0 Å². The van der Waals surface area contributed by atoms with Gasteiger partial charge in [-0.3, -0.25) is 0 Å². The molecule has 7 aromatic rings. The van der Waals surface area contributed by atoms with E-state index in [0.717, 1.165) is 28.1 Å². The molecule has 3 aromatic heterocycles. The van der Waals surface area contributed by atoms with Gasteiger partial charge in [-0.15, -0.1) is 59.7 Å². The van der Waals surface area contributed by atoms with E-state index in [1.807, 2.05) is 62.5 Å². The van der Waals surface area contributed by atoms with Gasteiger partial charge in [-0.2, -0.15) is 11.3 Å². The second kappa shape index (κ2) is 14.1. The molecule has 0 N–H and O–H groups in total. The standard InChI is InChI=1S/C26H20NS.C14H16NSi.Ir/c1-17(2)19-14-15-27-23(16-19)21-11-6-12-22-25-20(18-8-4-3-5-9-18)10-7-13-24(25)28-26(21)22;1-16(2,3)13-9-10-14(15-11-13)12-7-5-4-6-8-12;/h3-10,12-17H,1-2H3;4-7,9-11H,1-3H3;/q2*-1;/i17D;;. The molecule has 0 aliphatic rings. The Kier molecular flexibility index (Phi) is 9.82. The third-order valence-corrected chi connectivity index (χ3v) is 11.0. The molecule has 0 saturated carbocycles. The number of rotatable bonds is 5. The summed E-state index contributed by atoms with van der Waals surface area (Å²) in [5.74, 6) is -0.660. The minimum Gasteiger partial charge on any atom is -0.305 e. The molecule has 0 bridgehead atoms. The Balaban J connectivity index is 0.000000209. The molecule has 0 spiro atoms. The van der Waals surface area contributed by atoms with E-state index in [-0.39, 0.29) is 20.1 Å². The maximum Gasteiger partial charge on any atom is 0.0795 e. The van der Waals surface area contributed by atoms with Crippen molar-refractivity contribution >= 4 is 44.8 Å². The Bertz CT molecular complexity index is 2060. The van der Waals surface area contributed by atoms with Crippen LogP contribution in [0.15, 0.2) is 122 Å². The van der Waals surface area contributed by atoms with Gasteiger partial charge in [0.1, 0.15) is 0 Å². The first kappa shape index (κ1) is 31.3. The van der Waals surface area contributed by atoms with E-state index in [2.05, 4.69) is 108 Å². The van der Waals surface area contributed by atoms with Crippen LogP contribution < -0.4 is 5.19 Å². The van der Waals surface area contributed by atoms with Gasteiger partial charge in [0, 0.05) is 38.6 Å². The average molecular weight is 798 g/mol. The SMILES string of the molecule is C[Si](C)(C)c1ccc(-c2[c-]cccc2)nc1.[2H]C(C)(C)c1ccnc(-c2[c-]ccc3c2sc2cccc(-c4ccccc4)c23)c1.[Ir]. The minimum absolute atomic E-state index is 0. The number of thiophene rings is 1. The Morgan fingerprint density at radius 2 is 1.58 bits per heavy atom. The van der Waals surface area contributed by atoms with Crippen molar-refractivity contribution in [3.8, 4) is 33.6 Å². The van der Waals surface area contributed by atoms with Crippen molar-refractivity contribution in [2.24, 2.45) is 0 Å². The maximum atomic E-state index is 8.37. The van der Waals surface area contributed by atoms with E-state index in [1.165, 1.54) is 36.5 Å². The Hall–Kier alpha value is -3.73. The molecular formula is C40H36IrN2SSi-2. The Morgan fingerprint density at radius 3 is 2.27 bits per heavy atom. The number of pyridine rings is 2. The molecule has 0 atom stereocenters. The van der Waals surface area contributed by atoms with Crippen LogP contribution in [-0.2, 0) is 20.1 Å². The van der Waals surface area contributed by atoms with Crippen LogP contribution in [0.1, 0.15) is 26.7 Å². The van der Waals surface area contributed by atoms with Crippen LogP contribution in [0.3, 0.4) is 0 Å². The topological polar surface area (TPSA) is 25.8 Å². The molecule has 0 aliphatic heterocycles. The summed E-state index contributed by atoms with van der Waals surface area (Å²) in [5.41, 5.74) is 7.38. The van der Waals surface area contributed by atoms with E-state index in [1.54, 1.807) is 17.5 Å². The van der Waals surface area contributed by atoms with Crippen molar-refractivity contribution in [2.75, 3.05) is 0 Å². The van der Waals surface area contributed by atoms with Gasteiger partial charge < -0.3 is 9.97 Å². The van der Waals surface area contributed by atoms with Gasteiger partial charge in [-0.1, -0.05) is 105 Å². The van der Waals surface area contributed by atoms with E-state index >= 15 is 0 Å². The molecule has 227 valence electrons. The van der Waals surface area contributed by atoms with Crippen molar-refractivity contribution in [3.05, 3.63) is 139 Å².